The first-order chi connectivity index (χ1) is 7.59. The van der Waals surface area contributed by atoms with Gasteiger partial charge in [-0.1, -0.05) is 0 Å². The maximum absolute atomic E-state index is 11.1. The maximum Gasteiger partial charge on any atom is 0.332 e. The number of aliphatic carboxylic acids is 1. The van der Waals surface area contributed by atoms with Gasteiger partial charge in [-0.15, -0.1) is 0 Å². The van der Waals surface area contributed by atoms with Crippen molar-refractivity contribution < 1.29 is 19.5 Å². The Bertz CT molecular complexity index is 411. The summed E-state index contributed by atoms with van der Waals surface area (Å²) in [5.41, 5.74) is 2.70. The van der Waals surface area contributed by atoms with Gasteiger partial charge < -0.3 is 5.11 Å². The second kappa shape index (κ2) is 5.66. The number of carbonyl (C=O) groups excluding carboxylic acids is 1. The van der Waals surface area contributed by atoms with E-state index in [1.165, 1.54) is 12.2 Å². The Morgan fingerprint density at radius 3 is 3.00 bits per heavy atom. The number of rotatable bonds is 5. The van der Waals surface area contributed by atoms with Crippen molar-refractivity contribution in [2.24, 2.45) is 7.05 Å². The fourth-order valence-electron chi connectivity index (χ4n) is 0.912. The Morgan fingerprint density at radius 1 is 1.69 bits per heavy atom. The number of carboxylic acids is 1. The highest BCUT2D eigenvalue weighted by molar-refractivity contribution is 5.90. The largest absolute Gasteiger partial charge is 0.479 e. The molecule has 1 rings (SSSR count). The number of aryl methyl sites for hydroxylation is 1. The van der Waals surface area contributed by atoms with Crippen molar-refractivity contribution in [3.63, 3.8) is 0 Å². The molecule has 7 heteroatoms. The number of carboxylic acid groups (broad SMARTS) is 1. The van der Waals surface area contributed by atoms with Crippen LogP contribution < -0.4 is 5.48 Å². The Balaban J connectivity index is 2.37. The number of aromatic nitrogens is 2. The number of hydrogen-bond donors (Lipinski definition) is 2. The van der Waals surface area contributed by atoms with Crippen LogP contribution >= 0.6 is 0 Å². The van der Waals surface area contributed by atoms with E-state index >= 15 is 0 Å². The van der Waals surface area contributed by atoms with Gasteiger partial charge in [0.15, 0.2) is 6.61 Å². The van der Waals surface area contributed by atoms with Crippen LogP contribution in [0.25, 0.3) is 6.08 Å². The van der Waals surface area contributed by atoms with E-state index in [1.54, 1.807) is 24.0 Å². The third-order valence-corrected chi connectivity index (χ3v) is 1.63. The van der Waals surface area contributed by atoms with E-state index < -0.39 is 18.5 Å². The highest BCUT2D eigenvalue weighted by Crippen LogP contribution is 1.98. The molecule has 7 nitrogen and oxygen atoms in total. The molecule has 0 bridgehead atoms. The quantitative estimate of drug-likeness (QED) is 0.523. The van der Waals surface area contributed by atoms with Crippen molar-refractivity contribution in [3.05, 3.63) is 24.0 Å². The van der Waals surface area contributed by atoms with Gasteiger partial charge in [0, 0.05) is 19.3 Å². The Labute approximate surface area is 91.3 Å². The van der Waals surface area contributed by atoms with Crippen LogP contribution in [0.5, 0.6) is 0 Å². The molecular weight excluding hydrogens is 214 g/mol. The lowest BCUT2D eigenvalue weighted by Gasteiger charge is -1.99. The lowest BCUT2D eigenvalue weighted by molar-refractivity contribution is -0.147. The van der Waals surface area contributed by atoms with E-state index in [9.17, 15) is 9.59 Å². The van der Waals surface area contributed by atoms with Crippen molar-refractivity contribution in [2.45, 2.75) is 0 Å². The van der Waals surface area contributed by atoms with Gasteiger partial charge in [-0.25, -0.2) is 10.3 Å². The molecule has 1 aromatic heterocycles. The molecule has 0 spiro atoms. The number of nitrogens with zero attached hydrogens (tertiary/aromatic N) is 2. The van der Waals surface area contributed by atoms with Crippen molar-refractivity contribution in [1.82, 2.24) is 15.3 Å². The predicted molar refractivity (Wildman–Crippen MR) is 54.0 cm³/mol. The zero-order valence-electron chi connectivity index (χ0n) is 8.58. The first-order valence-electron chi connectivity index (χ1n) is 4.39. The Morgan fingerprint density at radius 2 is 2.44 bits per heavy atom. The van der Waals surface area contributed by atoms with Gasteiger partial charge in [0.05, 0.1) is 5.69 Å². The molecule has 0 aromatic carbocycles. The summed E-state index contributed by atoms with van der Waals surface area (Å²) in [5, 5.41) is 12.1. The number of nitrogens with one attached hydrogen (secondary N) is 1. The smallest absolute Gasteiger partial charge is 0.332 e. The average Bonchev–Trinajstić information content (AvgIpc) is 2.60. The molecule has 1 aromatic rings. The molecule has 86 valence electrons. The molecular formula is C9H11N3O4. The van der Waals surface area contributed by atoms with Crippen molar-refractivity contribution in [1.29, 1.82) is 0 Å². The van der Waals surface area contributed by atoms with Crippen LogP contribution in [0.4, 0.5) is 0 Å². The molecule has 0 aliphatic heterocycles. The standard InChI is InChI=1S/C9H11N3O4/c1-12-7(4-5-10-12)2-3-8(13)11-16-6-9(14)15/h2-5H,6H2,1H3,(H,11,13)(H,14,15). The summed E-state index contributed by atoms with van der Waals surface area (Å²) in [6, 6.07) is 1.72. The summed E-state index contributed by atoms with van der Waals surface area (Å²) in [4.78, 5) is 25.5. The first-order valence-corrected chi connectivity index (χ1v) is 4.39. The summed E-state index contributed by atoms with van der Waals surface area (Å²) in [6.45, 7) is -0.578. The van der Waals surface area contributed by atoms with Gasteiger partial charge in [-0.2, -0.15) is 5.10 Å². The summed E-state index contributed by atoms with van der Waals surface area (Å²) in [6.07, 6.45) is 4.35. The van der Waals surface area contributed by atoms with Gasteiger partial charge in [0.2, 0.25) is 0 Å². The second-order valence-electron chi connectivity index (χ2n) is 2.86. The molecule has 1 heterocycles. The highest BCUT2D eigenvalue weighted by atomic mass is 16.7. The number of hydrogen-bond acceptors (Lipinski definition) is 4. The van der Waals surface area contributed by atoms with E-state index in [-0.39, 0.29) is 0 Å². The second-order valence-corrected chi connectivity index (χ2v) is 2.86. The highest BCUT2D eigenvalue weighted by Gasteiger charge is 1.99. The fraction of sp³-hybridized carbons (Fsp3) is 0.222. The third-order valence-electron chi connectivity index (χ3n) is 1.63. The Hall–Kier alpha value is -2.15. The van der Waals surface area contributed by atoms with Crippen LogP contribution in [0, 0.1) is 0 Å². The van der Waals surface area contributed by atoms with Crippen molar-refractivity contribution in [3.8, 4) is 0 Å². The molecule has 16 heavy (non-hydrogen) atoms. The maximum atomic E-state index is 11.1. The third kappa shape index (κ3) is 3.93. The lowest BCUT2D eigenvalue weighted by atomic mass is 10.4. The molecule has 0 saturated carbocycles. The van der Waals surface area contributed by atoms with E-state index in [0.29, 0.717) is 0 Å². The van der Waals surface area contributed by atoms with Gasteiger partial charge >= 0.3 is 5.97 Å². The zero-order chi connectivity index (χ0) is 12.0. The van der Waals surface area contributed by atoms with Crippen molar-refractivity contribution >= 4 is 18.0 Å². The minimum atomic E-state index is -1.16. The van der Waals surface area contributed by atoms with Crippen LogP contribution in [0.1, 0.15) is 5.69 Å². The van der Waals surface area contributed by atoms with Crippen LogP contribution in [0.3, 0.4) is 0 Å². The topological polar surface area (TPSA) is 93.5 Å². The number of amides is 1. The van der Waals surface area contributed by atoms with Crippen LogP contribution in [-0.4, -0.2) is 33.4 Å². The minimum absolute atomic E-state index is 0.539. The molecule has 1 amide bonds. The summed E-state index contributed by atoms with van der Waals surface area (Å²) in [7, 11) is 1.73. The van der Waals surface area contributed by atoms with Crippen LogP contribution in [-0.2, 0) is 21.5 Å². The first kappa shape index (κ1) is 11.9. The van der Waals surface area contributed by atoms with Crippen LogP contribution in [0.2, 0.25) is 0 Å². The zero-order valence-corrected chi connectivity index (χ0v) is 8.58. The molecule has 0 radical (unpaired) electrons. The van der Waals surface area contributed by atoms with E-state index in [1.807, 2.05) is 5.48 Å². The fourth-order valence-corrected chi connectivity index (χ4v) is 0.912. The minimum Gasteiger partial charge on any atom is -0.479 e. The predicted octanol–water partition coefficient (Wildman–Crippen LogP) is -0.434. The number of carbonyl (C=O) groups is 2. The average molecular weight is 225 g/mol. The van der Waals surface area contributed by atoms with Gasteiger partial charge in [0.25, 0.3) is 5.91 Å². The van der Waals surface area contributed by atoms with E-state index in [4.69, 9.17) is 5.11 Å². The Kier molecular flexibility index (Phi) is 4.22. The monoisotopic (exact) mass is 225 g/mol. The van der Waals surface area contributed by atoms with Gasteiger partial charge in [-0.3, -0.25) is 14.3 Å². The molecule has 0 atom stereocenters. The molecule has 0 aliphatic rings. The normalized spacial score (nSPS) is 10.6. The van der Waals surface area contributed by atoms with Gasteiger partial charge in [-0.05, 0) is 12.1 Å². The molecule has 0 saturated heterocycles. The molecule has 0 unspecified atom stereocenters. The summed E-state index contributed by atoms with van der Waals surface area (Å²) >= 11 is 0. The number of hydroxylamine groups is 1. The molecule has 0 fully saturated rings. The SMILES string of the molecule is Cn1nccc1C=CC(=O)NOCC(=O)O. The summed E-state index contributed by atoms with van der Waals surface area (Å²) in [5.74, 6) is -1.70. The molecule has 2 N–H and O–H groups in total. The van der Waals surface area contributed by atoms with Gasteiger partial charge in [0.1, 0.15) is 0 Å². The van der Waals surface area contributed by atoms with E-state index in [0.717, 1.165) is 5.69 Å². The van der Waals surface area contributed by atoms with Crippen LogP contribution in [0.15, 0.2) is 18.3 Å². The van der Waals surface area contributed by atoms with Crippen molar-refractivity contribution in [2.75, 3.05) is 6.61 Å². The summed E-state index contributed by atoms with van der Waals surface area (Å²) < 4.78 is 1.59. The lowest BCUT2D eigenvalue weighted by Crippen LogP contribution is -2.24. The van der Waals surface area contributed by atoms with E-state index in [2.05, 4.69) is 9.94 Å². The molecule has 0 aliphatic carbocycles.